The Kier molecular flexibility index (Phi) is 5.58. The Morgan fingerprint density at radius 1 is 1.25 bits per heavy atom. The molecule has 0 bridgehead atoms. The molecule has 1 heterocycles. The second-order valence-corrected chi connectivity index (χ2v) is 8.93. The number of thiazole rings is 1. The minimum atomic E-state index is -0.134. The van der Waals surface area contributed by atoms with Gasteiger partial charge in [0.2, 0.25) is 5.91 Å². The van der Waals surface area contributed by atoms with Crippen LogP contribution in [0, 0.1) is 0 Å². The largest absolute Gasteiger partial charge is 0.338 e. The highest BCUT2D eigenvalue weighted by Crippen LogP contribution is 2.27. The molecular formula is C18H17BrN2OS2. The summed E-state index contributed by atoms with van der Waals surface area (Å²) in [6.07, 6.45) is 0. The number of nitrogens with zero attached hydrogens (tertiary/aromatic N) is 2. The maximum absolute atomic E-state index is 12.6. The standard InChI is InChI=1S/C18H17BrN2OS2/c1-12(23-14-9-7-13(19)8-10-14)18(22)21(2)11-17-20-15-5-3-4-6-16(15)24-17/h3-10,12H,11H2,1-2H3. The van der Waals surface area contributed by atoms with Crippen molar-refractivity contribution in [1.29, 1.82) is 0 Å². The van der Waals surface area contributed by atoms with Crippen molar-refractivity contribution >= 4 is 55.2 Å². The van der Waals surface area contributed by atoms with Crippen molar-refractivity contribution in [3.63, 3.8) is 0 Å². The number of fused-ring (bicyclic) bond motifs is 1. The van der Waals surface area contributed by atoms with E-state index < -0.39 is 0 Å². The first-order valence-electron chi connectivity index (χ1n) is 7.54. The minimum Gasteiger partial charge on any atom is -0.338 e. The van der Waals surface area contributed by atoms with Crippen LogP contribution in [0.1, 0.15) is 11.9 Å². The number of carbonyl (C=O) groups is 1. The van der Waals surface area contributed by atoms with E-state index in [1.807, 2.05) is 56.4 Å². The van der Waals surface area contributed by atoms with E-state index >= 15 is 0 Å². The zero-order valence-electron chi connectivity index (χ0n) is 13.4. The van der Waals surface area contributed by atoms with Crippen molar-refractivity contribution in [2.24, 2.45) is 0 Å². The van der Waals surface area contributed by atoms with Crippen LogP contribution in [0.25, 0.3) is 10.2 Å². The van der Waals surface area contributed by atoms with Crippen LogP contribution in [0.3, 0.4) is 0 Å². The molecule has 0 aliphatic rings. The second-order valence-electron chi connectivity index (χ2n) is 5.48. The number of hydrogen-bond acceptors (Lipinski definition) is 4. The van der Waals surface area contributed by atoms with Gasteiger partial charge in [0.1, 0.15) is 5.01 Å². The molecule has 124 valence electrons. The van der Waals surface area contributed by atoms with Crippen LogP contribution >= 0.6 is 39.0 Å². The first kappa shape index (κ1) is 17.5. The van der Waals surface area contributed by atoms with Crippen LogP contribution in [0.15, 0.2) is 57.9 Å². The van der Waals surface area contributed by atoms with Crippen LogP contribution in [-0.2, 0) is 11.3 Å². The smallest absolute Gasteiger partial charge is 0.235 e. The summed E-state index contributed by atoms with van der Waals surface area (Å²) in [5.74, 6) is 0.113. The summed E-state index contributed by atoms with van der Waals surface area (Å²) < 4.78 is 2.20. The average Bonchev–Trinajstić information content (AvgIpc) is 2.98. The zero-order valence-corrected chi connectivity index (χ0v) is 16.6. The van der Waals surface area contributed by atoms with E-state index in [0.29, 0.717) is 6.54 Å². The van der Waals surface area contributed by atoms with E-state index in [-0.39, 0.29) is 11.2 Å². The van der Waals surface area contributed by atoms with Crippen molar-refractivity contribution < 1.29 is 4.79 Å². The van der Waals surface area contributed by atoms with E-state index in [4.69, 9.17) is 0 Å². The molecule has 0 saturated heterocycles. The fraction of sp³-hybridized carbons (Fsp3) is 0.222. The Morgan fingerprint density at radius 3 is 2.67 bits per heavy atom. The predicted molar refractivity (Wildman–Crippen MR) is 106 cm³/mol. The van der Waals surface area contributed by atoms with Gasteiger partial charge in [0.25, 0.3) is 0 Å². The zero-order chi connectivity index (χ0) is 17.1. The number of benzene rings is 2. The molecule has 1 amide bonds. The molecule has 0 radical (unpaired) electrons. The Morgan fingerprint density at radius 2 is 1.96 bits per heavy atom. The Bertz CT molecular complexity index is 815. The SMILES string of the molecule is CC(Sc1ccc(Br)cc1)C(=O)N(C)Cc1nc2ccccc2s1. The van der Waals surface area contributed by atoms with Gasteiger partial charge in [0.05, 0.1) is 22.0 Å². The summed E-state index contributed by atoms with van der Waals surface area (Å²) in [6.45, 7) is 2.49. The highest BCUT2D eigenvalue weighted by molar-refractivity contribution is 9.10. The monoisotopic (exact) mass is 420 g/mol. The molecule has 1 aromatic heterocycles. The number of carbonyl (C=O) groups excluding carboxylic acids is 1. The molecule has 24 heavy (non-hydrogen) atoms. The van der Waals surface area contributed by atoms with Gasteiger partial charge in [-0.2, -0.15) is 0 Å². The van der Waals surface area contributed by atoms with Gasteiger partial charge in [0.15, 0.2) is 0 Å². The summed E-state index contributed by atoms with van der Waals surface area (Å²) in [5, 5.41) is 0.832. The maximum Gasteiger partial charge on any atom is 0.235 e. The summed E-state index contributed by atoms with van der Waals surface area (Å²) in [7, 11) is 1.84. The number of hydrogen-bond donors (Lipinski definition) is 0. The molecule has 0 fully saturated rings. The van der Waals surface area contributed by atoms with Crippen LogP contribution in [0.5, 0.6) is 0 Å². The molecule has 3 aromatic rings. The lowest BCUT2D eigenvalue weighted by atomic mass is 10.3. The Hall–Kier alpha value is -1.37. The molecule has 0 aliphatic heterocycles. The van der Waals surface area contributed by atoms with Crippen molar-refractivity contribution in [3.8, 4) is 0 Å². The molecule has 0 saturated carbocycles. The molecule has 3 nitrogen and oxygen atoms in total. The van der Waals surface area contributed by atoms with Crippen LogP contribution in [0.4, 0.5) is 0 Å². The average molecular weight is 421 g/mol. The van der Waals surface area contributed by atoms with Gasteiger partial charge in [-0.3, -0.25) is 4.79 Å². The maximum atomic E-state index is 12.6. The third-order valence-electron chi connectivity index (χ3n) is 3.56. The molecule has 2 aromatic carbocycles. The van der Waals surface area contributed by atoms with Crippen molar-refractivity contribution in [2.45, 2.75) is 23.6 Å². The topological polar surface area (TPSA) is 33.2 Å². The van der Waals surface area contributed by atoms with E-state index in [2.05, 4.69) is 27.0 Å². The van der Waals surface area contributed by atoms with Gasteiger partial charge in [-0.1, -0.05) is 28.1 Å². The third kappa shape index (κ3) is 4.18. The summed E-state index contributed by atoms with van der Waals surface area (Å²) in [6, 6.07) is 16.1. The molecule has 1 unspecified atom stereocenters. The predicted octanol–water partition coefficient (Wildman–Crippen LogP) is 5.20. The van der Waals surface area contributed by atoms with Gasteiger partial charge in [-0.05, 0) is 43.3 Å². The highest BCUT2D eigenvalue weighted by atomic mass is 79.9. The van der Waals surface area contributed by atoms with Gasteiger partial charge in [-0.25, -0.2) is 4.98 Å². The van der Waals surface area contributed by atoms with Crippen molar-refractivity contribution in [3.05, 3.63) is 58.0 Å². The second kappa shape index (κ2) is 7.68. The van der Waals surface area contributed by atoms with Crippen molar-refractivity contribution in [1.82, 2.24) is 9.88 Å². The number of para-hydroxylation sites is 1. The molecule has 0 spiro atoms. The van der Waals surface area contributed by atoms with Crippen molar-refractivity contribution in [2.75, 3.05) is 7.05 Å². The quantitative estimate of drug-likeness (QED) is 0.531. The molecule has 3 rings (SSSR count). The molecular weight excluding hydrogens is 404 g/mol. The number of amides is 1. The lowest BCUT2D eigenvalue weighted by molar-refractivity contribution is -0.129. The fourth-order valence-electron chi connectivity index (χ4n) is 2.35. The van der Waals surface area contributed by atoms with E-state index in [1.165, 1.54) is 0 Å². The van der Waals surface area contributed by atoms with Gasteiger partial charge in [0, 0.05) is 16.4 Å². The molecule has 0 aliphatic carbocycles. The van der Waals surface area contributed by atoms with Gasteiger partial charge < -0.3 is 4.90 Å². The first-order valence-corrected chi connectivity index (χ1v) is 10.0. The van der Waals surface area contributed by atoms with E-state index in [1.54, 1.807) is 28.0 Å². The van der Waals surface area contributed by atoms with Gasteiger partial charge in [-0.15, -0.1) is 23.1 Å². The summed E-state index contributed by atoms with van der Waals surface area (Å²) in [4.78, 5) is 20.1. The van der Waals surface area contributed by atoms with Crippen LogP contribution in [-0.4, -0.2) is 28.1 Å². The highest BCUT2D eigenvalue weighted by Gasteiger charge is 2.20. The third-order valence-corrected chi connectivity index (χ3v) is 6.21. The molecule has 0 N–H and O–H groups in total. The Labute approximate surface area is 158 Å². The molecule has 6 heteroatoms. The number of halogens is 1. The lowest BCUT2D eigenvalue weighted by Crippen LogP contribution is -2.32. The Balaban J connectivity index is 1.63. The summed E-state index contributed by atoms with van der Waals surface area (Å²) in [5.41, 5.74) is 0.996. The first-order chi connectivity index (χ1) is 11.5. The minimum absolute atomic E-state index is 0.113. The fourth-order valence-corrected chi connectivity index (χ4v) is 4.61. The van der Waals surface area contributed by atoms with Crippen LogP contribution in [0.2, 0.25) is 0 Å². The number of thioether (sulfide) groups is 1. The number of aromatic nitrogens is 1. The lowest BCUT2D eigenvalue weighted by Gasteiger charge is -2.20. The molecule has 1 atom stereocenters. The number of rotatable bonds is 5. The normalized spacial score (nSPS) is 12.3. The van der Waals surface area contributed by atoms with E-state index in [0.717, 1.165) is 24.6 Å². The summed E-state index contributed by atoms with van der Waals surface area (Å²) >= 11 is 6.64. The van der Waals surface area contributed by atoms with Gasteiger partial charge >= 0.3 is 0 Å². The van der Waals surface area contributed by atoms with Crippen LogP contribution < -0.4 is 0 Å². The van der Waals surface area contributed by atoms with E-state index in [9.17, 15) is 4.79 Å².